The number of pyridine rings is 1. The second-order valence-electron chi connectivity index (χ2n) is 9.02. The Hall–Kier alpha value is -3.99. The Balaban J connectivity index is 1.38. The van der Waals surface area contributed by atoms with E-state index in [-0.39, 0.29) is 10.7 Å². The van der Waals surface area contributed by atoms with Gasteiger partial charge in [0.2, 0.25) is 11.8 Å². The molecule has 1 amide bonds. The number of rotatable bonds is 8. The average Bonchev–Trinajstić information content (AvgIpc) is 3.72. The summed E-state index contributed by atoms with van der Waals surface area (Å²) < 4.78 is 5.70. The maximum atomic E-state index is 14.1. The lowest BCUT2D eigenvalue weighted by molar-refractivity contribution is -0.120. The molecule has 1 atom stereocenters. The molecule has 0 fully saturated rings. The largest absolute Gasteiger partial charge is 0.409 e. The van der Waals surface area contributed by atoms with Crippen molar-refractivity contribution in [3.63, 3.8) is 0 Å². The second kappa shape index (κ2) is 10.8. The van der Waals surface area contributed by atoms with E-state index in [4.69, 9.17) is 16.6 Å². The number of hydrogen-bond donors (Lipinski definition) is 2. The molecule has 4 heterocycles. The van der Waals surface area contributed by atoms with E-state index in [2.05, 4.69) is 31.5 Å². The topological polar surface area (TPSA) is 99.9 Å². The molecule has 0 radical (unpaired) electrons. The Morgan fingerprint density at radius 3 is 2.74 bits per heavy atom. The fraction of sp³-hybridized carbons (Fsp3) is 0.179. The zero-order chi connectivity index (χ0) is 25.9. The van der Waals surface area contributed by atoms with Gasteiger partial charge in [0.1, 0.15) is 0 Å². The molecular formula is C28H24N6O2S2. The maximum absolute atomic E-state index is 14.1. The number of fused-ring (bicyclic) bond motifs is 1. The summed E-state index contributed by atoms with van der Waals surface area (Å²) in [6, 6.07) is 17.7. The molecule has 38 heavy (non-hydrogen) atoms. The molecule has 1 aliphatic heterocycles. The summed E-state index contributed by atoms with van der Waals surface area (Å²) in [6.07, 6.45) is 4.76. The number of thiazole rings is 1. The van der Waals surface area contributed by atoms with Crippen LogP contribution in [0.4, 0.5) is 5.69 Å². The van der Waals surface area contributed by atoms with Crippen molar-refractivity contribution in [3.05, 3.63) is 99.5 Å². The van der Waals surface area contributed by atoms with Crippen molar-refractivity contribution < 1.29 is 9.21 Å². The van der Waals surface area contributed by atoms with Crippen LogP contribution in [-0.2, 0) is 24.2 Å². The van der Waals surface area contributed by atoms with Gasteiger partial charge in [-0.3, -0.25) is 15.1 Å². The summed E-state index contributed by atoms with van der Waals surface area (Å²) in [5.74, 6) is 0.433. The molecule has 8 nitrogen and oxygen atoms in total. The summed E-state index contributed by atoms with van der Waals surface area (Å²) in [4.78, 5) is 24.8. The van der Waals surface area contributed by atoms with Crippen molar-refractivity contribution in [2.24, 2.45) is 0 Å². The Labute approximate surface area is 228 Å². The van der Waals surface area contributed by atoms with Gasteiger partial charge in [0.15, 0.2) is 0 Å². The van der Waals surface area contributed by atoms with Gasteiger partial charge in [0, 0.05) is 42.1 Å². The van der Waals surface area contributed by atoms with Gasteiger partial charge in [-0.1, -0.05) is 30.3 Å². The fourth-order valence-electron chi connectivity index (χ4n) is 4.82. The first-order valence-corrected chi connectivity index (χ1v) is 13.6. The van der Waals surface area contributed by atoms with Crippen LogP contribution in [0.5, 0.6) is 0 Å². The van der Waals surface area contributed by atoms with Crippen LogP contribution in [0, 0.1) is 4.84 Å². The van der Waals surface area contributed by atoms with Crippen molar-refractivity contribution >= 4 is 35.1 Å². The number of carbonyl (C=O) groups excluding carboxylic acids is 1. The van der Waals surface area contributed by atoms with E-state index in [9.17, 15) is 4.79 Å². The minimum Gasteiger partial charge on any atom is -0.409 e. The predicted octanol–water partition coefficient (Wildman–Crippen LogP) is 5.21. The number of anilines is 1. The lowest BCUT2D eigenvalue weighted by Crippen LogP contribution is -2.47. The molecule has 0 saturated heterocycles. The zero-order valence-electron chi connectivity index (χ0n) is 20.3. The first-order chi connectivity index (χ1) is 18.7. The number of nitrogens with zero attached hydrogens (tertiary/aromatic N) is 4. The van der Waals surface area contributed by atoms with E-state index in [0.29, 0.717) is 31.8 Å². The SMILES string of the molecule is O=C(C(Cc1ccccc1)NCc1cscn1)N1CCc2c(-c3n[nH]c(=S)o3)cc(-c3ccncc3)cc21. The molecule has 1 aliphatic rings. The molecule has 3 aromatic heterocycles. The number of H-pyrrole nitrogens is 1. The lowest BCUT2D eigenvalue weighted by atomic mass is 9.97. The standard InChI is InChI=1S/C28H24N6O2S2/c35-27(24(12-18-4-2-1-3-5-18)30-15-21-16-38-17-31-21)34-11-8-22-23(26-32-33-28(37)36-26)13-20(14-25(22)34)19-6-9-29-10-7-19/h1-7,9-10,13-14,16-17,24,30H,8,11-12,15H2,(H,33,37). The van der Waals surface area contributed by atoms with E-state index >= 15 is 0 Å². The number of amides is 1. The summed E-state index contributed by atoms with van der Waals surface area (Å²) in [5.41, 5.74) is 8.45. The molecule has 5 aromatic rings. The quantitative estimate of drug-likeness (QED) is 0.261. The molecule has 2 N–H and O–H groups in total. The molecule has 2 aromatic carbocycles. The Morgan fingerprint density at radius 1 is 1.16 bits per heavy atom. The van der Waals surface area contributed by atoms with Crippen LogP contribution in [0.3, 0.4) is 0 Å². The van der Waals surface area contributed by atoms with Crippen LogP contribution in [0.15, 0.2) is 82.3 Å². The van der Waals surface area contributed by atoms with Crippen molar-refractivity contribution in [2.75, 3.05) is 11.4 Å². The third-order valence-electron chi connectivity index (χ3n) is 6.64. The molecular weight excluding hydrogens is 516 g/mol. The van der Waals surface area contributed by atoms with Crippen LogP contribution in [0.1, 0.15) is 16.8 Å². The molecule has 0 saturated carbocycles. The molecule has 1 unspecified atom stereocenters. The molecule has 6 rings (SSSR count). The summed E-state index contributed by atoms with van der Waals surface area (Å²) in [6.45, 7) is 1.08. The van der Waals surface area contributed by atoms with E-state index < -0.39 is 6.04 Å². The van der Waals surface area contributed by atoms with Gasteiger partial charge in [-0.25, -0.2) is 10.1 Å². The van der Waals surface area contributed by atoms with Crippen LogP contribution < -0.4 is 10.2 Å². The monoisotopic (exact) mass is 540 g/mol. The van der Waals surface area contributed by atoms with Crippen molar-refractivity contribution in [1.29, 1.82) is 0 Å². The number of hydrogen-bond acceptors (Lipinski definition) is 8. The van der Waals surface area contributed by atoms with Gasteiger partial charge >= 0.3 is 0 Å². The number of aromatic nitrogens is 4. The van der Waals surface area contributed by atoms with Crippen molar-refractivity contribution in [3.8, 4) is 22.6 Å². The van der Waals surface area contributed by atoms with Crippen LogP contribution >= 0.6 is 23.6 Å². The molecule has 0 bridgehead atoms. The van der Waals surface area contributed by atoms with Gasteiger partial charge in [-0.05, 0) is 71.6 Å². The lowest BCUT2D eigenvalue weighted by Gasteiger charge is -2.25. The predicted molar refractivity (Wildman–Crippen MR) is 149 cm³/mol. The number of benzene rings is 2. The van der Waals surface area contributed by atoms with Crippen molar-refractivity contribution in [1.82, 2.24) is 25.5 Å². The third kappa shape index (κ3) is 5.06. The Bertz CT molecular complexity index is 1600. The smallest absolute Gasteiger partial charge is 0.284 e. The molecule has 190 valence electrons. The van der Waals surface area contributed by atoms with E-state index in [1.165, 1.54) is 0 Å². The van der Waals surface area contributed by atoms with Crippen LogP contribution in [-0.4, -0.2) is 38.7 Å². The van der Waals surface area contributed by atoms with Gasteiger partial charge in [0.05, 0.1) is 17.2 Å². The first kappa shape index (κ1) is 24.4. The number of nitrogens with one attached hydrogen (secondary N) is 2. The van der Waals surface area contributed by atoms with Gasteiger partial charge in [0.25, 0.3) is 4.84 Å². The van der Waals surface area contributed by atoms with E-state index in [1.54, 1.807) is 29.2 Å². The summed E-state index contributed by atoms with van der Waals surface area (Å²) in [5, 5.41) is 12.5. The van der Waals surface area contributed by atoms with E-state index in [0.717, 1.165) is 39.2 Å². The first-order valence-electron chi connectivity index (χ1n) is 12.2. The van der Waals surface area contributed by atoms with Gasteiger partial charge in [-0.2, -0.15) is 0 Å². The second-order valence-corrected chi connectivity index (χ2v) is 10.1. The Kier molecular flexibility index (Phi) is 6.91. The number of aromatic amines is 1. The highest BCUT2D eigenvalue weighted by molar-refractivity contribution is 7.71. The van der Waals surface area contributed by atoms with Crippen molar-refractivity contribution in [2.45, 2.75) is 25.4 Å². The highest BCUT2D eigenvalue weighted by atomic mass is 32.1. The maximum Gasteiger partial charge on any atom is 0.284 e. The Morgan fingerprint density at radius 2 is 2.00 bits per heavy atom. The molecule has 10 heteroatoms. The van der Waals surface area contributed by atoms with Gasteiger partial charge in [-0.15, -0.1) is 16.4 Å². The normalized spacial score (nSPS) is 13.4. The van der Waals surface area contributed by atoms with Crippen LogP contribution in [0.25, 0.3) is 22.6 Å². The van der Waals surface area contributed by atoms with Gasteiger partial charge < -0.3 is 9.32 Å². The summed E-state index contributed by atoms with van der Waals surface area (Å²) >= 11 is 6.69. The van der Waals surface area contributed by atoms with E-state index in [1.807, 2.05) is 58.8 Å². The highest BCUT2D eigenvalue weighted by Gasteiger charge is 2.33. The minimum atomic E-state index is -0.424. The highest BCUT2D eigenvalue weighted by Crippen LogP contribution is 2.40. The van der Waals surface area contributed by atoms with Crippen LogP contribution in [0.2, 0.25) is 0 Å². The number of carbonyl (C=O) groups is 1. The minimum absolute atomic E-state index is 0.0172. The summed E-state index contributed by atoms with van der Waals surface area (Å²) in [7, 11) is 0. The zero-order valence-corrected chi connectivity index (χ0v) is 22.0. The molecule has 0 aliphatic carbocycles. The fourth-order valence-corrected chi connectivity index (χ4v) is 5.50. The molecule has 0 spiro atoms. The third-order valence-corrected chi connectivity index (χ3v) is 7.45. The average molecular weight is 541 g/mol.